The van der Waals surface area contributed by atoms with Gasteiger partial charge in [-0.1, -0.05) is 58.7 Å². The van der Waals surface area contributed by atoms with Crippen molar-refractivity contribution in [3.8, 4) is 0 Å². The van der Waals surface area contributed by atoms with Crippen molar-refractivity contribution in [1.82, 2.24) is 10.2 Å². The molecule has 0 saturated heterocycles. The van der Waals surface area contributed by atoms with Gasteiger partial charge in [0.2, 0.25) is 5.91 Å². The number of aliphatic hydroxyl groups excluding tert-OH is 1. The van der Waals surface area contributed by atoms with Crippen molar-refractivity contribution >= 4 is 11.8 Å². The summed E-state index contributed by atoms with van der Waals surface area (Å²) in [5, 5.41) is 12.6. The van der Waals surface area contributed by atoms with Gasteiger partial charge in [0.15, 0.2) is 0 Å². The number of carbonyl (C=O) groups is 2. The Balaban J connectivity index is 2.23. The number of aliphatic hydroxyl groups is 1. The zero-order valence-corrected chi connectivity index (χ0v) is 15.7. The lowest BCUT2D eigenvalue weighted by molar-refractivity contribution is -0.129. The minimum absolute atomic E-state index is 0.0366. The Morgan fingerprint density at radius 3 is 2.40 bits per heavy atom. The molecule has 4 atom stereocenters. The van der Waals surface area contributed by atoms with Crippen LogP contribution >= 0.6 is 0 Å². The van der Waals surface area contributed by atoms with Crippen molar-refractivity contribution in [2.45, 2.75) is 59.2 Å². The van der Waals surface area contributed by atoms with Crippen LogP contribution in [0.1, 0.15) is 56.5 Å². The fourth-order valence-electron chi connectivity index (χ4n) is 3.35. The van der Waals surface area contributed by atoms with Crippen molar-refractivity contribution < 1.29 is 14.7 Å². The Morgan fingerprint density at radius 2 is 1.84 bits per heavy atom. The maximum atomic E-state index is 13.0. The van der Waals surface area contributed by atoms with E-state index in [4.69, 9.17) is 0 Å². The number of rotatable bonds is 8. The summed E-state index contributed by atoms with van der Waals surface area (Å²) in [5.74, 6) is -0.0393. The quantitative estimate of drug-likeness (QED) is 0.760. The van der Waals surface area contributed by atoms with Crippen LogP contribution in [0, 0.1) is 11.8 Å². The van der Waals surface area contributed by atoms with E-state index >= 15 is 0 Å². The molecule has 2 rings (SSSR count). The van der Waals surface area contributed by atoms with Gasteiger partial charge in [-0.15, -0.1) is 0 Å². The second-order valence-electron chi connectivity index (χ2n) is 7.10. The molecule has 1 heterocycles. The predicted octanol–water partition coefficient (Wildman–Crippen LogP) is 2.58. The zero-order valence-electron chi connectivity index (χ0n) is 15.7. The maximum absolute atomic E-state index is 13.0. The molecule has 0 aliphatic carbocycles. The largest absolute Gasteiger partial charge is 0.394 e. The van der Waals surface area contributed by atoms with Gasteiger partial charge in [0.05, 0.1) is 12.6 Å². The molecule has 1 aliphatic rings. The van der Waals surface area contributed by atoms with Crippen molar-refractivity contribution in [2.75, 3.05) is 6.61 Å². The first-order chi connectivity index (χ1) is 11.9. The maximum Gasteiger partial charge on any atom is 0.255 e. The molecule has 5 heteroatoms. The van der Waals surface area contributed by atoms with Crippen molar-refractivity contribution in [3.05, 3.63) is 35.4 Å². The van der Waals surface area contributed by atoms with Crippen LogP contribution in [0.4, 0.5) is 0 Å². The second-order valence-corrected chi connectivity index (χ2v) is 7.10. The third-order valence-corrected chi connectivity index (χ3v) is 5.49. The molecule has 1 aromatic rings. The second kappa shape index (κ2) is 8.48. The number of amides is 2. The highest BCUT2D eigenvalue weighted by Gasteiger charge is 2.39. The van der Waals surface area contributed by atoms with E-state index in [-0.39, 0.29) is 36.3 Å². The minimum atomic E-state index is -0.525. The molecule has 25 heavy (non-hydrogen) atoms. The Kier molecular flexibility index (Phi) is 6.59. The number of carbonyl (C=O) groups excluding carboxylic acids is 2. The first-order valence-corrected chi connectivity index (χ1v) is 9.24. The summed E-state index contributed by atoms with van der Waals surface area (Å²) in [6.07, 6.45) is 1.67. The molecule has 0 bridgehead atoms. The van der Waals surface area contributed by atoms with E-state index in [1.165, 1.54) is 0 Å². The summed E-state index contributed by atoms with van der Waals surface area (Å²) in [4.78, 5) is 27.5. The number of fused-ring (bicyclic) bond motifs is 1. The van der Waals surface area contributed by atoms with Crippen LogP contribution in [-0.4, -0.2) is 40.5 Å². The molecule has 1 aromatic carbocycles. The molecule has 0 unspecified atom stereocenters. The van der Waals surface area contributed by atoms with Crippen molar-refractivity contribution in [3.63, 3.8) is 0 Å². The monoisotopic (exact) mass is 346 g/mol. The van der Waals surface area contributed by atoms with Gasteiger partial charge in [0.1, 0.15) is 6.04 Å². The molecule has 0 saturated carbocycles. The summed E-state index contributed by atoms with van der Waals surface area (Å²) < 4.78 is 0. The Hall–Kier alpha value is -1.88. The average molecular weight is 346 g/mol. The van der Waals surface area contributed by atoms with Gasteiger partial charge in [-0.05, 0) is 23.5 Å². The van der Waals surface area contributed by atoms with Crippen LogP contribution in [0.25, 0.3) is 0 Å². The van der Waals surface area contributed by atoms with E-state index in [9.17, 15) is 14.7 Å². The van der Waals surface area contributed by atoms with E-state index < -0.39 is 6.04 Å². The fraction of sp³-hybridized carbons (Fsp3) is 0.600. The van der Waals surface area contributed by atoms with E-state index in [2.05, 4.69) is 5.32 Å². The van der Waals surface area contributed by atoms with Crippen molar-refractivity contribution in [2.24, 2.45) is 11.8 Å². The average Bonchev–Trinajstić information content (AvgIpc) is 2.95. The molecule has 0 fully saturated rings. The van der Waals surface area contributed by atoms with Crippen LogP contribution < -0.4 is 5.32 Å². The van der Waals surface area contributed by atoms with Gasteiger partial charge >= 0.3 is 0 Å². The fourth-order valence-corrected chi connectivity index (χ4v) is 3.35. The van der Waals surface area contributed by atoms with Crippen LogP contribution in [0.5, 0.6) is 0 Å². The topological polar surface area (TPSA) is 69.6 Å². The van der Waals surface area contributed by atoms with Gasteiger partial charge in [-0.25, -0.2) is 0 Å². The lowest BCUT2D eigenvalue weighted by Gasteiger charge is -2.33. The molecule has 2 amide bonds. The highest BCUT2D eigenvalue weighted by Crippen LogP contribution is 2.28. The van der Waals surface area contributed by atoms with Gasteiger partial charge in [0, 0.05) is 12.1 Å². The van der Waals surface area contributed by atoms with Crippen LogP contribution in [0.3, 0.4) is 0 Å². The summed E-state index contributed by atoms with van der Waals surface area (Å²) >= 11 is 0. The molecule has 0 spiro atoms. The number of hydrogen-bond acceptors (Lipinski definition) is 3. The zero-order chi connectivity index (χ0) is 18.6. The van der Waals surface area contributed by atoms with Gasteiger partial charge in [0.25, 0.3) is 5.91 Å². The Labute approximate surface area is 150 Å². The van der Waals surface area contributed by atoms with E-state index in [0.717, 1.165) is 18.4 Å². The summed E-state index contributed by atoms with van der Waals surface area (Å²) in [6.45, 7) is 8.43. The van der Waals surface area contributed by atoms with Crippen molar-refractivity contribution in [1.29, 1.82) is 0 Å². The Morgan fingerprint density at radius 1 is 1.20 bits per heavy atom. The molecule has 0 radical (unpaired) electrons. The first-order valence-electron chi connectivity index (χ1n) is 9.24. The summed E-state index contributed by atoms with van der Waals surface area (Å²) in [6, 6.07) is 6.71. The van der Waals surface area contributed by atoms with Crippen LogP contribution in [0.15, 0.2) is 24.3 Å². The lowest BCUT2D eigenvalue weighted by Crippen LogP contribution is -2.54. The standard InChI is InChI=1S/C20H30N2O3/c1-5-13(3)17(12-23)21-19(24)18(14(4)6-2)22-11-15-9-7-8-10-16(15)20(22)25/h7-10,13-14,17-18,23H,5-6,11-12H2,1-4H3,(H,21,24)/t13-,14+,17-,18+/m0/s1. The molecular weight excluding hydrogens is 316 g/mol. The minimum Gasteiger partial charge on any atom is -0.394 e. The number of benzene rings is 1. The third-order valence-electron chi connectivity index (χ3n) is 5.49. The van der Waals surface area contributed by atoms with E-state index in [0.29, 0.717) is 12.1 Å². The van der Waals surface area contributed by atoms with Crippen LogP contribution in [-0.2, 0) is 11.3 Å². The number of hydrogen-bond donors (Lipinski definition) is 2. The van der Waals surface area contributed by atoms with Gasteiger partial charge in [-0.2, -0.15) is 0 Å². The summed E-state index contributed by atoms with van der Waals surface area (Å²) in [5.41, 5.74) is 1.65. The Bertz CT molecular complexity index is 617. The van der Waals surface area contributed by atoms with E-state index in [1.807, 2.05) is 52.0 Å². The highest BCUT2D eigenvalue weighted by molar-refractivity contribution is 6.01. The smallest absolute Gasteiger partial charge is 0.255 e. The molecule has 5 nitrogen and oxygen atoms in total. The SMILES string of the molecule is CC[C@@H](C)[C@H](C(=O)N[C@@H](CO)[C@@H](C)CC)N1Cc2ccccc2C1=O. The normalized spacial score (nSPS) is 18.4. The molecule has 1 aliphatic heterocycles. The van der Waals surface area contributed by atoms with E-state index in [1.54, 1.807) is 4.90 Å². The predicted molar refractivity (Wildman–Crippen MR) is 98.0 cm³/mol. The van der Waals surface area contributed by atoms with Gasteiger partial charge in [-0.3, -0.25) is 9.59 Å². The van der Waals surface area contributed by atoms with Gasteiger partial charge < -0.3 is 15.3 Å². The first kappa shape index (κ1) is 19.4. The number of nitrogens with zero attached hydrogens (tertiary/aromatic N) is 1. The van der Waals surface area contributed by atoms with Crippen LogP contribution in [0.2, 0.25) is 0 Å². The highest BCUT2D eigenvalue weighted by atomic mass is 16.3. The number of nitrogens with one attached hydrogen (secondary N) is 1. The third kappa shape index (κ3) is 4.03. The molecule has 2 N–H and O–H groups in total. The molecule has 138 valence electrons. The molecular formula is C20H30N2O3. The molecule has 0 aromatic heterocycles. The lowest BCUT2D eigenvalue weighted by atomic mass is 9.94. The summed E-state index contributed by atoms with van der Waals surface area (Å²) in [7, 11) is 0.